The Labute approximate surface area is 91.8 Å². The molecule has 84 valence electrons. The quantitative estimate of drug-likeness (QED) is 0.390. The number of methoxy groups -OCH3 is 1. The number of carbonyl (C=O) groups is 1. The van der Waals surface area contributed by atoms with Gasteiger partial charge in [-0.2, -0.15) is 0 Å². The van der Waals surface area contributed by atoms with E-state index in [-0.39, 0.29) is 0 Å². The Morgan fingerprint density at radius 2 is 2.33 bits per heavy atom. The smallest absolute Gasteiger partial charge is 0.384 e. The molecule has 1 heterocycles. The van der Waals surface area contributed by atoms with Gasteiger partial charge in [0, 0.05) is 24.9 Å². The molecule has 0 saturated carbocycles. The van der Waals surface area contributed by atoms with E-state index in [1.807, 2.05) is 0 Å². The van der Waals surface area contributed by atoms with Crippen molar-refractivity contribution in [2.75, 3.05) is 20.2 Å². The maximum atomic E-state index is 10.8. The van der Waals surface area contributed by atoms with E-state index < -0.39 is 5.97 Å². The summed E-state index contributed by atoms with van der Waals surface area (Å²) < 4.78 is 4.45. The molecule has 1 aliphatic rings. The summed E-state index contributed by atoms with van der Waals surface area (Å²) in [6.45, 7) is 6.68. The predicted molar refractivity (Wildman–Crippen MR) is 59.2 cm³/mol. The van der Waals surface area contributed by atoms with Crippen molar-refractivity contribution in [2.45, 2.75) is 32.7 Å². The highest BCUT2D eigenvalue weighted by atomic mass is 16.5. The summed E-state index contributed by atoms with van der Waals surface area (Å²) in [5.74, 6) is 5.54. The van der Waals surface area contributed by atoms with Crippen molar-refractivity contribution in [3.63, 3.8) is 0 Å². The maximum absolute atomic E-state index is 10.8. The second-order valence-corrected chi connectivity index (χ2v) is 4.24. The van der Waals surface area contributed by atoms with Crippen LogP contribution in [0.1, 0.15) is 26.7 Å². The topological polar surface area (TPSA) is 29.5 Å². The van der Waals surface area contributed by atoms with Crippen molar-refractivity contribution in [3.8, 4) is 11.8 Å². The zero-order valence-corrected chi connectivity index (χ0v) is 9.75. The van der Waals surface area contributed by atoms with Crippen molar-refractivity contribution in [2.24, 2.45) is 5.92 Å². The molecule has 0 amide bonds. The number of rotatable bonds is 2. The van der Waals surface area contributed by atoms with Crippen LogP contribution in [0.3, 0.4) is 0 Å². The fraction of sp³-hybridized carbons (Fsp3) is 0.750. The molecule has 0 N–H and O–H groups in total. The molecule has 3 nitrogen and oxygen atoms in total. The first-order valence-corrected chi connectivity index (χ1v) is 5.44. The van der Waals surface area contributed by atoms with Crippen LogP contribution in [0.15, 0.2) is 0 Å². The molecular weight excluding hydrogens is 190 g/mol. The van der Waals surface area contributed by atoms with Crippen LogP contribution in [0.4, 0.5) is 0 Å². The number of ether oxygens (including phenoxy) is 1. The Morgan fingerprint density at radius 3 is 2.87 bits per heavy atom. The minimum absolute atomic E-state index is 0.436. The second kappa shape index (κ2) is 5.77. The van der Waals surface area contributed by atoms with Gasteiger partial charge in [0.1, 0.15) is 0 Å². The first-order valence-electron chi connectivity index (χ1n) is 5.44. The van der Waals surface area contributed by atoms with Crippen LogP contribution in [0.2, 0.25) is 0 Å². The Morgan fingerprint density at radius 1 is 1.60 bits per heavy atom. The molecule has 1 saturated heterocycles. The summed E-state index contributed by atoms with van der Waals surface area (Å²) in [4.78, 5) is 13.2. The molecule has 3 heteroatoms. The summed E-state index contributed by atoms with van der Waals surface area (Å²) >= 11 is 0. The van der Waals surface area contributed by atoms with Crippen molar-refractivity contribution in [3.05, 3.63) is 0 Å². The van der Waals surface area contributed by atoms with Gasteiger partial charge in [0.05, 0.1) is 7.11 Å². The van der Waals surface area contributed by atoms with E-state index in [9.17, 15) is 4.79 Å². The normalized spacial score (nSPS) is 21.2. The second-order valence-electron chi connectivity index (χ2n) is 4.24. The van der Waals surface area contributed by atoms with E-state index in [0.717, 1.165) is 19.5 Å². The summed E-state index contributed by atoms with van der Waals surface area (Å²) in [5, 5.41) is 0. The standard InChI is InChI=1S/C12H19NO2/c1-10(2)13-8-7-11(9-13)5-4-6-12(14)15-3/h10-11H,5,7-9H2,1-3H3. The van der Waals surface area contributed by atoms with Crippen molar-refractivity contribution in [1.29, 1.82) is 0 Å². The van der Waals surface area contributed by atoms with E-state index in [2.05, 4.69) is 35.3 Å². The summed E-state index contributed by atoms with van der Waals surface area (Å²) in [6, 6.07) is 0.614. The van der Waals surface area contributed by atoms with Crippen molar-refractivity contribution in [1.82, 2.24) is 4.90 Å². The zero-order chi connectivity index (χ0) is 11.3. The number of hydrogen-bond acceptors (Lipinski definition) is 3. The van der Waals surface area contributed by atoms with Crippen LogP contribution < -0.4 is 0 Å². The molecule has 1 rings (SSSR count). The van der Waals surface area contributed by atoms with Gasteiger partial charge in [0.15, 0.2) is 0 Å². The Kier molecular flexibility index (Phi) is 4.64. The summed E-state index contributed by atoms with van der Waals surface area (Å²) in [6.07, 6.45) is 1.99. The number of carbonyl (C=O) groups excluding carboxylic acids is 1. The lowest BCUT2D eigenvalue weighted by Gasteiger charge is -2.19. The third-order valence-electron chi connectivity index (χ3n) is 2.81. The molecule has 0 spiro atoms. The molecule has 0 aromatic carbocycles. The van der Waals surface area contributed by atoms with Gasteiger partial charge in [-0.25, -0.2) is 4.79 Å². The lowest BCUT2D eigenvalue weighted by atomic mass is 10.1. The number of hydrogen-bond donors (Lipinski definition) is 0. The number of esters is 1. The molecular formula is C12H19NO2. The summed E-state index contributed by atoms with van der Waals surface area (Å²) in [5.41, 5.74) is 0. The molecule has 15 heavy (non-hydrogen) atoms. The summed E-state index contributed by atoms with van der Waals surface area (Å²) in [7, 11) is 1.35. The van der Waals surface area contributed by atoms with E-state index in [1.54, 1.807) is 0 Å². The van der Waals surface area contributed by atoms with Gasteiger partial charge in [0.25, 0.3) is 0 Å². The van der Waals surface area contributed by atoms with Crippen LogP contribution in [0.5, 0.6) is 0 Å². The molecule has 0 radical (unpaired) electrons. The van der Waals surface area contributed by atoms with Gasteiger partial charge in [0.2, 0.25) is 0 Å². The molecule has 0 bridgehead atoms. The minimum Gasteiger partial charge on any atom is -0.459 e. The predicted octanol–water partition coefficient (Wildman–Crippen LogP) is 1.28. The fourth-order valence-corrected chi connectivity index (χ4v) is 1.82. The number of nitrogens with zero attached hydrogens (tertiary/aromatic N) is 1. The molecule has 1 atom stereocenters. The third kappa shape index (κ3) is 3.93. The zero-order valence-electron chi connectivity index (χ0n) is 9.75. The lowest BCUT2D eigenvalue weighted by Crippen LogP contribution is -2.28. The molecule has 0 aromatic heterocycles. The van der Waals surface area contributed by atoms with Gasteiger partial charge in [-0.05, 0) is 32.7 Å². The van der Waals surface area contributed by atoms with E-state index in [4.69, 9.17) is 0 Å². The SMILES string of the molecule is COC(=O)C#CCC1CCN(C(C)C)C1. The van der Waals surface area contributed by atoms with Crippen LogP contribution in [0.25, 0.3) is 0 Å². The first-order chi connectivity index (χ1) is 7.13. The minimum atomic E-state index is -0.436. The average Bonchev–Trinajstić information content (AvgIpc) is 2.66. The molecule has 1 fully saturated rings. The van der Waals surface area contributed by atoms with Gasteiger partial charge in [-0.15, -0.1) is 0 Å². The Hall–Kier alpha value is -1.01. The van der Waals surface area contributed by atoms with Crippen molar-refractivity contribution < 1.29 is 9.53 Å². The highest BCUT2D eigenvalue weighted by Crippen LogP contribution is 2.20. The highest BCUT2D eigenvalue weighted by molar-refractivity contribution is 5.88. The maximum Gasteiger partial charge on any atom is 0.384 e. The average molecular weight is 209 g/mol. The largest absolute Gasteiger partial charge is 0.459 e. The van der Waals surface area contributed by atoms with Gasteiger partial charge in [-0.1, -0.05) is 5.92 Å². The molecule has 1 unspecified atom stereocenters. The van der Waals surface area contributed by atoms with Crippen LogP contribution in [-0.4, -0.2) is 37.1 Å². The van der Waals surface area contributed by atoms with E-state index in [1.165, 1.54) is 13.5 Å². The molecule has 0 aliphatic carbocycles. The Balaban J connectivity index is 2.29. The van der Waals surface area contributed by atoms with Crippen molar-refractivity contribution >= 4 is 5.97 Å². The van der Waals surface area contributed by atoms with E-state index >= 15 is 0 Å². The first kappa shape index (κ1) is 12.1. The molecule has 1 aliphatic heterocycles. The monoisotopic (exact) mass is 209 g/mol. The molecule has 0 aromatic rings. The van der Waals surface area contributed by atoms with Gasteiger partial charge in [-0.3, -0.25) is 0 Å². The number of likely N-dealkylation sites (tertiary alicyclic amines) is 1. The highest BCUT2D eigenvalue weighted by Gasteiger charge is 2.23. The van der Waals surface area contributed by atoms with Crippen LogP contribution in [0, 0.1) is 17.8 Å². The Bertz CT molecular complexity index is 275. The van der Waals surface area contributed by atoms with E-state index in [0.29, 0.717) is 12.0 Å². The van der Waals surface area contributed by atoms with Crippen LogP contribution >= 0.6 is 0 Å². The lowest BCUT2D eigenvalue weighted by molar-refractivity contribution is -0.133. The van der Waals surface area contributed by atoms with Gasteiger partial charge < -0.3 is 9.64 Å². The van der Waals surface area contributed by atoms with Crippen LogP contribution in [-0.2, 0) is 9.53 Å². The third-order valence-corrected chi connectivity index (χ3v) is 2.81. The van der Waals surface area contributed by atoms with Gasteiger partial charge >= 0.3 is 5.97 Å². The fourth-order valence-electron chi connectivity index (χ4n) is 1.82.